The third-order valence-corrected chi connectivity index (χ3v) is 6.85. The number of alkyl halides is 3. The van der Waals surface area contributed by atoms with Crippen LogP contribution in [0, 0.1) is 0 Å². The van der Waals surface area contributed by atoms with E-state index in [1.807, 2.05) is 6.07 Å². The first-order valence-corrected chi connectivity index (χ1v) is 11.4. The van der Waals surface area contributed by atoms with Crippen molar-refractivity contribution >= 4 is 28.0 Å². The van der Waals surface area contributed by atoms with Crippen molar-refractivity contribution in [1.29, 1.82) is 0 Å². The van der Waals surface area contributed by atoms with Gasteiger partial charge in [-0.1, -0.05) is 0 Å². The Morgan fingerprint density at radius 3 is 2.37 bits per heavy atom. The zero-order valence-electron chi connectivity index (χ0n) is 18.3. The minimum atomic E-state index is -4.76. The maximum Gasteiger partial charge on any atom is 0.573 e. The molecule has 1 aliphatic rings. The van der Waals surface area contributed by atoms with Gasteiger partial charge in [-0.05, 0) is 55.0 Å². The lowest BCUT2D eigenvalue weighted by atomic mass is 9.84. The van der Waals surface area contributed by atoms with Crippen molar-refractivity contribution in [2.75, 3.05) is 7.11 Å². The maximum atomic E-state index is 13.0. The lowest BCUT2D eigenvalue weighted by Crippen LogP contribution is -2.27. The van der Waals surface area contributed by atoms with E-state index in [1.54, 1.807) is 31.4 Å². The molecule has 0 bridgehead atoms. The number of carbonyl (C=O) groups excluding carboxylic acids is 1. The predicted molar refractivity (Wildman–Crippen MR) is 124 cm³/mol. The van der Waals surface area contributed by atoms with E-state index in [9.17, 15) is 22.8 Å². The number of benzene rings is 2. The van der Waals surface area contributed by atoms with Crippen molar-refractivity contribution in [3.05, 3.63) is 81.0 Å². The summed E-state index contributed by atoms with van der Waals surface area (Å²) in [4.78, 5) is 30.0. The van der Waals surface area contributed by atoms with Crippen molar-refractivity contribution in [1.82, 2.24) is 4.98 Å². The molecule has 0 aliphatic heterocycles. The zero-order chi connectivity index (χ0) is 24.7. The summed E-state index contributed by atoms with van der Waals surface area (Å²) < 4.78 is 51.8. The monoisotopic (exact) mass is 501 g/mol. The predicted octanol–water partition coefficient (Wildman–Crippen LogP) is 6.20. The number of aromatic nitrogens is 1. The Bertz CT molecular complexity index is 1470. The van der Waals surface area contributed by atoms with Gasteiger partial charge in [-0.3, -0.25) is 9.59 Å². The van der Waals surface area contributed by atoms with Crippen LogP contribution in [0.2, 0.25) is 0 Å². The number of nitrogens with one attached hydrogen (secondary N) is 1. The number of aromatic amines is 1. The van der Waals surface area contributed by atoms with Gasteiger partial charge in [0, 0.05) is 34.4 Å². The average molecular weight is 501 g/mol. The van der Waals surface area contributed by atoms with Crippen LogP contribution >= 0.6 is 11.3 Å². The van der Waals surface area contributed by atoms with E-state index in [4.69, 9.17) is 9.47 Å². The van der Waals surface area contributed by atoms with E-state index in [1.165, 1.54) is 35.6 Å². The number of hydrogen-bond donors (Lipinski definition) is 1. The number of methoxy groups -OCH3 is 1. The number of carbonyl (C=O) groups is 1. The second-order valence-electron chi connectivity index (χ2n) is 8.03. The van der Waals surface area contributed by atoms with Gasteiger partial charge in [0.05, 0.1) is 18.2 Å². The summed E-state index contributed by atoms with van der Waals surface area (Å²) >= 11 is 1.34. The normalized spacial score (nSPS) is 15.7. The number of ether oxygens (including phenoxy) is 3. The highest BCUT2D eigenvalue weighted by Crippen LogP contribution is 2.39. The van der Waals surface area contributed by atoms with Crippen LogP contribution < -0.4 is 19.6 Å². The molecule has 0 amide bonds. The van der Waals surface area contributed by atoms with Gasteiger partial charge in [-0.25, -0.2) is 0 Å². The molecule has 2 aromatic carbocycles. The number of H-pyrrole nitrogens is 1. The SMILES string of the molecule is COc1ccc2c(=O)c3c([nH]c2c1)CC(c1ccc(Oc2ccc(OC(F)(F)F)cc2)s1)CC3=O. The van der Waals surface area contributed by atoms with Crippen LogP contribution in [0.15, 0.2) is 59.4 Å². The molecular formula is C25H18F3NO5S. The molecule has 0 fully saturated rings. The Kier molecular flexibility index (Phi) is 5.76. The number of fused-ring (bicyclic) bond motifs is 2. The second kappa shape index (κ2) is 8.77. The largest absolute Gasteiger partial charge is 0.573 e. The van der Waals surface area contributed by atoms with E-state index in [-0.39, 0.29) is 34.9 Å². The Balaban J connectivity index is 1.36. The van der Waals surface area contributed by atoms with Gasteiger partial charge >= 0.3 is 6.36 Å². The van der Waals surface area contributed by atoms with Gasteiger partial charge in [0.15, 0.2) is 16.3 Å². The fourth-order valence-electron chi connectivity index (χ4n) is 4.18. The highest BCUT2D eigenvalue weighted by molar-refractivity contribution is 7.13. The van der Waals surface area contributed by atoms with E-state index in [0.717, 1.165) is 4.88 Å². The number of hydrogen-bond acceptors (Lipinski definition) is 6. The molecule has 5 rings (SSSR count). The van der Waals surface area contributed by atoms with Crippen LogP contribution in [-0.4, -0.2) is 24.2 Å². The molecule has 4 aromatic rings. The van der Waals surface area contributed by atoms with Gasteiger partial charge in [0.25, 0.3) is 0 Å². The Morgan fingerprint density at radius 1 is 0.943 bits per heavy atom. The first kappa shape index (κ1) is 23.0. The van der Waals surface area contributed by atoms with E-state index < -0.39 is 6.36 Å². The summed E-state index contributed by atoms with van der Waals surface area (Å²) in [6, 6.07) is 13.8. The van der Waals surface area contributed by atoms with Gasteiger partial charge < -0.3 is 19.2 Å². The van der Waals surface area contributed by atoms with Crippen LogP contribution in [0.3, 0.4) is 0 Å². The number of ketones is 1. The fraction of sp³-hybridized carbons (Fsp3) is 0.200. The molecule has 2 heterocycles. The zero-order valence-corrected chi connectivity index (χ0v) is 19.1. The number of rotatable bonds is 5. The molecule has 1 atom stereocenters. The van der Waals surface area contributed by atoms with Crippen molar-refractivity contribution in [3.8, 4) is 22.3 Å². The first-order chi connectivity index (χ1) is 16.7. The number of thiophene rings is 1. The molecule has 0 saturated heterocycles. The summed E-state index contributed by atoms with van der Waals surface area (Å²) in [5.74, 6) is 0.257. The van der Waals surface area contributed by atoms with Crippen LogP contribution in [-0.2, 0) is 6.42 Å². The minimum absolute atomic E-state index is 0.140. The van der Waals surface area contributed by atoms with Crippen molar-refractivity contribution in [2.45, 2.75) is 25.1 Å². The molecule has 35 heavy (non-hydrogen) atoms. The average Bonchev–Trinajstić information content (AvgIpc) is 3.27. The van der Waals surface area contributed by atoms with Gasteiger partial charge in [0.1, 0.15) is 17.2 Å². The summed E-state index contributed by atoms with van der Waals surface area (Å²) in [5, 5.41) is 0.967. The molecule has 1 aliphatic carbocycles. The quantitative estimate of drug-likeness (QED) is 0.352. The highest BCUT2D eigenvalue weighted by atomic mass is 32.1. The fourth-order valence-corrected chi connectivity index (χ4v) is 5.15. The molecule has 0 spiro atoms. The molecule has 180 valence electrons. The summed E-state index contributed by atoms with van der Waals surface area (Å²) in [6.45, 7) is 0. The van der Waals surface area contributed by atoms with Crippen LogP contribution in [0.4, 0.5) is 13.2 Å². The van der Waals surface area contributed by atoms with Gasteiger partial charge in [-0.15, -0.1) is 24.5 Å². The van der Waals surface area contributed by atoms with Crippen molar-refractivity contribution < 1.29 is 32.2 Å². The first-order valence-electron chi connectivity index (χ1n) is 10.6. The second-order valence-corrected chi connectivity index (χ2v) is 9.10. The summed E-state index contributed by atoms with van der Waals surface area (Å²) in [5.41, 5.74) is 1.11. The lowest BCUT2D eigenvalue weighted by molar-refractivity contribution is -0.274. The lowest BCUT2D eigenvalue weighted by Gasteiger charge is -2.22. The molecular weight excluding hydrogens is 483 g/mol. The summed E-state index contributed by atoms with van der Waals surface area (Å²) in [6.07, 6.45) is -4.09. The molecule has 6 nitrogen and oxygen atoms in total. The van der Waals surface area contributed by atoms with E-state index in [2.05, 4.69) is 9.72 Å². The topological polar surface area (TPSA) is 77.6 Å². The van der Waals surface area contributed by atoms with E-state index in [0.29, 0.717) is 39.6 Å². The molecule has 2 aromatic heterocycles. The standard InChI is InChI=1S/C25H18F3NO5S/c1-32-16-6-7-17-18(12-16)29-19-10-13(11-20(30)23(19)24(17)31)21-8-9-22(35-21)33-14-2-4-15(5-3-14)34-25(26,27)28/h2-9,12-13H,10-11H2,1H3,(H,29,31). The highest BCUT2D eigenvalue weighted by Gasteiger charge is 2.32. The van der Waals surface area contributed by atoms with Crippen LogP contribution in [0.5, 0.6) is 22.3 Å². The maximum absolute atomic E-state index is 13.0. The Hall–Kier alpha value is -3.79. The van der Waals surface area contributed by atoms with Crippen LogP contribution in [0.25, 0.3) is 10.9 Å². The number of pyridine rings is 1. The molecule has 10 heteroatoms. The van der Waals surface area contributed by atoms with Crippen molar-refractivity contribution in [3.63, 3.8) is 0 Å². The number of Topliss-reactive ketones (excluding diaryl/α,β-unsaturated/α-hetero) is 1. The Morgan fingerprint density at radius 2 is 1.66 bits per heavy atom. The van der Waals surface area contributed by atoms with Gasteiger partial charge in [0.2, 0.25) is 0 Å². The Labute approximate surface area is 200 Å². The molecule has 1 N–H and O–H groups in total. The molecule has 0 radical (unpaired) electrons. The van der Waals surface area contributed by atoms with Crippen LogP contribution in [0.1, 0.15) is 33.3 Å². The molecule has 0 saturated carbocycles. The minimum Gasteiger partial charge on any atom is -0.497 e. The van der Waals surface area contributed by atoms with Crippen molar-refractivity contribution in [2.24, 2.45) is 0 Å². The number of halogens is 3. The third-order valence-electron chi connectivity index (χ3n) is 5.73. The third kappa shape index (κ3) is 4.74. The summed E-state index contributed by atoms with van der Waals surface area (Å²) in [7, 11) is 1.54. The molecule has 1 unspecified atom stereocenters. The smallest absolute Gasteiger partial charge is 0.497 e. The van der Waals surface area contributed by atoms with E-state index >= 15 is 0 Å². The van der Waals surface area contributed by atoms with Gasteiger partial charge in [-0.2, -0.15) is 0 Å².